The summed E-state index contributed by atoms with van der Waals surface area (Å²) in [4.78, 5) is 29.2. The molecule has 3 aromatic rings. The van der Waals surface area contributed by atoms with Crippen molar-refractivity contribution in [1.82, 2.24) is 29.6 Å². The summed E-state index contributed by atoms with van der Waals surface area (Å²) >= 11 is 0. The molecule has 0 unspecified atom stereocenters. The Kier molecular flexibility index (Phi) is 5.63. The van der Waals surface area contributed by atoms with Crippen molar-refractivity contribution in [2.75, 3.05) is 35.6 Å². The van der Waals surface area contributed by atoms with Crippen LogP contribution in [0.2, 0.25) is 0 Å². The van der Waals surface area contributed by atoms with Crippen LogP contribution in [-0.4, -0.2) is 68.0 Å². The third kappa shape index (κ3) is 4.18. The molecule has 0 aliphatic carbocycles. The van der Waals surface area contributed by atoms with Crippen LogP contribution in [-0.2, 0) is 7.05 Å². The molecule has 1 aliphatic heterocycles. The fourth-order valence-electron chi connectivity index (χ4n) is 3.72. The van der Waals surface area contributed by atoms with E-state index in [1.54, 1.807) is 29.7 Å². The normalized spacial score (nSPS) is 16.6. The molecule has 11 nitrogen and oxygen atoms in total. The molecular weight excluding hydrogens is 424 g/mol. The van der Waals surface area contributed by atoms with Gasteiger partial charge in [-0.1, -0.05) is 0 Å². The SMILES string of the molecule is Cc1nc(OC(F)F)ccc1NC(=O)N1CCN(c2nc(N)nc3c2cnn3C)[C@@H](C)C1. The number of ether oxygens (including phenoxy) is 1. The zero-order valence-electron chi connectivity index (χ0n) is 17.8. The van der Waals surface area contributed by atoms with Gasteiger partial charge < -0.3 is 25.6 Å². The maximum atomic E-state index is 12.8. The van der Waals surface area contributed by atoms with E-state index in [4.69, 9.17) is 5.73 Å². The predicted molar refractivity (Wildman–Crippen MR) is 114 cm³/mol. The summed E-state index contributed by atoms with van der Waals surface area (Å²) in [5, 5.41) is 7.81. The number of nitrogen functional groups attached to an aromatic ring is 1. The second-order valence-corrected chi connectivity index (χ2v) is 7.49. The molecule has 170 valence electrons. The topological polar surface area (TPSA) is 127 Å². The Morgan fingerprint density at radius 2 is 2.06 bits per heavy atom. The third-order valence-corrected chi connectivity index (χ3v) is 5.29. The van der Waals surface area contributed by atoms with Crippen LogP contribution >= 0.6 is 0 Å². The minimum Gasteiger partial charge on any atom is -0.417 e. The highest BCUT2D eigenvalue weighted by Crippen LogP contribution is 2.28. The number of rotatable bonds is 4. The molecule has 0 spiro atoms. The lowest BCUT2D eigenvalue weighted by atomic mass is 10.2. The van der Waals surface area contributed by atoms with E-state index in [2.05, 4.69) is 35.0 Å². The Balaban J connectivity index is 1.45. The lowest BCUT2D eigenvalue weighted by Crippen LogP contribution is -2.55. The Morgan fingerprint density at radius 1 is 1.28 bits per heavy atom. The largest absolute Gasteiger partial charge is 0.417 e. The predicted octanol–water partition coefficient (Wildman–Crippen LogP) is 1.99. The molecule has 4 rings (SSSR count). The number of carbonyl (C=O) groups excluding carboxylic acids is 1. The molecule has 1 fully saturated rings. The first-order valence-electron chi connectivity index (χ1n) is 9.93. The van der Waals surface area contributed by atoms with Gasteiger partial charge in [-0.2, -0.15) is 23.8 Å². The number of carbonyl (C=O) groups is 1. The minimum atomic E-state index is -2.96. The summed E-state index contributed by atoms with van der Waals surface area (Å²) in [6.45, 7) is 2.06. The van der Waals surface area contributed by atoms with Crippen LogP contribution in [0.1, 0.15) is 12.6 Å². The van der Waals surface area contributed by atoms with Gasteiger partial charge in [0.1, 0.15) is 5.82 Å². The van der Waals surface area contributed by atoms with Crippen LogP contribution in [0.15, 0.2) is 18.3 Å². The maximum absolute atomic E-state index is 12.8. The number of nitrogens with two attached hydrogens (primary N) is 1. The van der Waals surface area contributed by atoms with E-state index in [1.165, 1.54) is 12.1 Å². The molecule has 0 bridgehead atoms. The molecule has 0 saturated carbocycles. The zero-order valence-corrected chi connectivity index (χ0v) is 17.8. The van der Waals surface area contributed by atoms with Crippen LogP contribution in [0.25, 0.3) is 11.0 Å². The second kappa shape index (κ2) is 8.40. The summed E-state index contributed by atoms with van der Waals surface area (Å²) in [7, 11) is 1.78. The molecular formula is C19H23F2N9O2. The van der Waals surface area contributed by atoms with Gasteiger partial charge in [0.2, 0.25) is 11.8 Å². The van der Waals surface area contributed by atoms with E-state index < -0.39 is 6.61 Å². The van der Waals surface area contributed by atoms with Crippen LogP contribution in [0.4, 0.5) is 31.0 Å². The number of fused-ring (bicyclic) bond motifs is 1. The lowest BCUT2D eigenvalue weighted by molar-refractivity contribution is -0.0529. The molecule has 0 aromatic carbocycles. The molecule has 13 heteroatoms. The first-order valence-corrected chi connectivity index (χ1v) is 9.93. The first-order chi connectivity index (χ1) is 15.2. The highest BCUT2D eigenvalue weighted by Gasteiger charge is 2.30. The van der Waals surface area contributed by atoms with E-state index in [0.29, 0.717) is 42.5 Å². The monoisotopic (exact) mass is 447 g/mol. The number of urea groups is 1. The molecule has 1 aliphatic rings. The molecule has 1 atom stereocenters. The number of halogens is 2. The molecule has 2 amide bonds. The van der Waals surface area contributed by atoms with Crippen molar-refractivity contribution in [3.05, 3.63) is 24.0 Å². The van der Waals surface area contributed by atoms with E-state index in [-0.39, 0.29) is 23.9 Å². The van der Waals surface area contributed by atoms with Gasteiger partial charge >= 0.3 is 12.6 Å². The van der Waals surface area contributed by atoms with E-state index in [9.17, 15) is 13.6 Å². The van der Waals surface area contributed by atoms with Gasteiger partial charge in [-0.05, 0) is 19.9 Å². The van der Waals surface area contributed by atoms with Crippen molar-refractivity contribution in [3.8, 4) is 5.88 Å². The number of hydrogen-bond acceptors (Lipinski definition) is 8. The molecule has 0 radical (unpaired) electrons. The average molecular weight is 447 g/mol. The number of hydrogen-bond donors (Lipinski definition) is 2. The van der Waals surface area contributed by atoms with Crippen molar-refractivity contribution < 1.29 is 18.3 Å². The molecule has 3 aromatic heterocycles. The van der Waals surface area contributed by atoms with Gasteiger partial charge in [-0.25, -0.2) is 9.78 Å². The van der Waals surface area contributed by atoms with Gasteiger partial charge in [0.15, 0.2) is 5.65 Å². The number of pyridine rings is 1. The Bertz CT molecular complexity index is 1150. The zero-order chi connectivity index (χ0) is 23.0. The van der Waals surface area contributed by atoms with Gasteiger partial charge in [0.25, 0.3) is 0 Å². The quantitative estimate of drug-likeness (QED) is 0.622. The number of nitrogens with zero attached hydrogens (tertiary/aromatic N) is 7. The Morgan fingerprint density at radius 3 is 2.75 bits per heavy atom. The van der Waals surface area contributed by atoms with Crippen molar-refractivity contribution in [2.24, 2.45) is 7.05 Å². The fourth-order valence-corrected chi connectivity index (χ4v) is 3.72. The van der Waals surface area contributed by atoms with Gasteiger partial charge in [-0.15, -0.1) is 0 Å². The summed E-state index contributed by atoms with van der Waals surface area (Å²) in [5.74, 6) is 0.636. The Labute approximate surface area is 182 Å². The van der Waals surface area contributed by atoms with Crippen molar-refractivity contribution >= 4 is 34.5 Å². The average Bonchev–Trinajstić information content (AvgIpc) is 3.09. The van der Waals surface area contributed by atoms with Crippen molar-refractivity contribution in [1.29, 1.82) is 0 Å². The maximum Gasteiger partial charge on any atom is 0.388 e. The number of amides is 2. The highest BCUT2D eigenvalue weighted by molar-refractivity contribution is 5.91. The molecule has 4 heterocycles. The Hall–Kier alpha value is -3.77. The summed E-state index contributed by atoms with van der Waals surface area (Å²) < 4.78 is 30.6. The number of piperazine rings is 1. The van der Waals surface area contributed by atoms with Crippen LogP contribution in [0, 0.1) is 6.92 Å². The number of aryl methyl sites for hydroxylation is 2. The highest BCUT2D eigenvalue weighted by atomic mass is 19.3. The van der Waals surface area contributed by atoms with Crippen molar-refractivity contribution in [3.63, 3.8) is 0 Å². The lowest BCUT2D eigenvalue weighted by Gasteiger charge is -2.40. The van der Waals surface area contributed by atoms with Gasteiger partial charge in [0, 0.05) is 38.8 Å². The summed E-state index contributed by atoms with van der Waals surface area (Å²) in [6.07, 6.45) is 1.70. The van der Waals surface area contributed by atoms with Crippen LogP contribution in [0.5, 0.6) is 5.88 Å². The fraction of sp³-hybridized carbons (Fsp3) is 0.421. The van der Waals surface area contributed by atoms with Gasteiger partial charge in [0.05, 0.1) is 23.0 Å². The smallest absolute Gasteiger partial charge is 0.388 e. The van der Waals surface area contributed by atoms with E-state index in [1.807, 2.05) is 6.92 Å². The standard InChI is InChI=1S/C19H23F2N9O2/c1-10-9-29(19(31)25-13-4-5-14(24-11(13)2)32-17(20)21)6-7-30(10)16-12-8-23-28(3)15(12)26-18(22)27-16/h4-5,8,10,17H,6-7,9H2,1-3H3,(H,25,31)(H2,22,26,27)/t10-/m0/s1. The number of alkyl halides is 2. The number of nitrogens with one attached hydrogen (secondary N) is 1. The summed E-state index contributed by atoms with van der Waals surface area (Å²) in [6, 6.07) is 2.42. The number of anilines is 3. The van der Waals surface area contributed by atoms with Crippen LogP contribution < -0.4 is 20.7 Å². The minimum absolute atomic E-state index is 0.0479. The van der Waals surface area contributed by atoms with E-state index >= 15 is 0 Å². The molecule has 1 saturated heterocycles. The number of aromatic nitrogens is 5. The first kappa shape index (κ1) is 21.5. The van der Waals surface area contributed by atoms with E-state index in [0.717, 1.165) is 5.39 Å². The summed E-state index contributed by atoms with van der Waals surface area (Å²) in [5.41, 5.74) is 7.33. The second-order valence-electron chi connectivity index (χ2n) is 7.49. The molecule has 3 N–H and O–H groups in total. The van der Waals surface area contributed by atoms with Crippen LogP contribution in [0.3, 0.4) is 0 Å². The van der Waals surface area contributed by atoms with Crippen molar-refractivity contribution in [2.45, 2.75) is 26.5 Å². The molecule has 32 heavy (non-hydrogen) atoms. The van der Waals surface area contributed by atoms with Gasteiger partial charge in [-0.3, -0.25) is 4.68 Å². The third-order valence-electron chi connectivity index (χ3n) is 5.29.